The van der Waals surface area contributed by atoms with Gasteiger partial charge in [0.1, 0.15) is 24.7 Å². The largest absolute Gasteiger partial charge is 0.492 e. The molecule has 1 aromatic rings. The van der Waals surface area contributed by atoms with Crippen molar-refractivity contribution < 1.29 is 14.3 Å². The standard InChI is InChI=1S/C16H23NO3S/c1-4-21-16(18)17-10-12-20-15-7-5-14(6-8-15)19-11-9-13(2)3/h5-9H,4,10-12H2,1-3H3,(H,17,18). The Hall–Kier alpha value is -1.62. The Labute approximate surface area is 130 Å². The predicted molar refractivity (Wildman–Crippen MR) is 88.4 cm³/mol. The van der Waals surface area contributed by atoms with Crippen LogP contribution in [0, 0.1) is 0 Å². The van der Waals surface area contributed by atoms with Gasteiger partial charge in [-0.05, 0) is 49.9 Å². The first-order valence-electron chi connectivity index (χ1n) is 7.01. The minimum Gasteiger partial charge on any atom is -0.492 e. The van der Waals surface area contributed by atoms with Crippen LogP contribution in [0.15, 0.2) is 35.9 Å². The topological polar surface area (TPSA) is 47.6 Å². The van der Waals surface area contributed by atoms with E-state index < -0.39 is 0 Å². The molecule has 0 aliphatic heterocycles. The second kappa shape index (κ2) is 10.2. The molecule has 0 spiro atoms. The lowest BCUT2D eigenvalue weighted by Crippen LogP contribution is -2.24. The van der Waals surface area contributed by atoms with Gasteiger partial charge in [-0.1, -0.05) is 24.3 Å². The first-order chi connectivity index (χ1) is 10.1. The smallest absolute Gasteiger partial charge is 0.279 e. The highest BCUT2D eigenvalue weighted by Gasteiger charge is 1.99. The summed E-state index contributed by atoms with van der Waals surface area (Å²) in [6, 6.07) is 7.47. The second-order valence-corrected chi connectivity index (χ2v) is 5.80. The Morgan fingerprint density at radius 2 is 1.81 bits per heavy atom. The molecule has 21 heavy (non-hydrogen) atoms. The number of amides is 1. The summed E-state index contributed by atoms with van der Waals surface area (Å²) in [6.07, 6.45) is 2.03. The van der Waals surface area contributed by atoms with Gasteiger partial charge in [0.05, 0.1) is 6.54 Å². The summed E-state index contributed by atoms with van der Waals surface area (Å²) < 4.78 is 11.1. The molecule has 0 fully saturated rings. The van der Waals surface area contributed by atoms with Gasteiger partial charge in [0.2, 0.25) is 0 Å². The normalized spacial score (nSPS) is 9.86. The third-order valence-corrected chi connectivity index (χ3v) is 3.18. The molecule has 0 saturated heterocycles. The van der Waals surface area contributed by atoms with Gasteiger partial charge in [0.15, 0.2) is 0 Å². The van der Waals surface area contributed by atoms with E-state index in [0.29, 0.717) is 19.8 Å². The van der Waals surface area contributed by atoms with Crippen LogP contribution >= 0.6 is 11.8 Å². The van der Waals surface area contributed by atoms with Crippen LogP contribution in [0.2, 0.25) is 0 Å². The summed E-state index contributed by atoms with van der Waals surface area (Å²) in [7, 11) is 0. The number of allylic oxidation sites excluding steroid dienone is 1. The fourth-order valence-electron chi connectivity index (χ4n) is 1.44. The van der Waals surface area contributed by atoms with Crippen LogP contribution in [0.1, 0.15) is 20.8 Å². The molecule has 1 rings (SSSR count). The number of carbonyl (C=O) groups is 1. The van der Waals surface area contributed by atoms with Gasteiger partial charge in [-0.2, -0.15) is 0 Å². The number of rotatable bonds is 8. The first-order valence-corrected chi connectivity index (χ1v) is 8.00. The van der Waals surface area contributed by atoms with E-state index in [2.05, 4.69) is 5.32 Å². The Bertz CT molecular complexity index is 453. The summed E-state index contributed by atoms with van der Waals surface area (Å²) in [5, 5.41) is 2.76. The van der Waals surface area contributed by atoms with Crippen molar-refractivity contribution in [1.29, 1.82) is 0 Å². The van der Waals surface area contributed by atoms with Crippen LogP contribution in [0.25, 0.3) is 0 Å². The van der Waals surface area contributed by atoms with E-state index in [-0.39, 0.29) is 5.24 Å². The van der Waals surface area contributed by atoms with Gasteiger partial charge in [-0.15, -0.1) is 0 Å². The summed E-state index contributed by atoms with van der Waals surface area (Å²) in [4.78, 5) is 11.2. The zero-order valence-corrected chi connectivity index (χ0v) is 13.7. The quantitative estimate of drug-likeness (QED) is 0.585. The molecule has 0 aromatic heterocycles. The molecule has 0 radical (unpaired) electrons. The number of hydrogen-bond acceptors (Lipinski definition) is 4. The lowest BCUT2D eigenvalue weighted by Gasteiger charge is -2.08. The Balaban J connectivity index is 2.25. The van der Waals surface area contributed by atoms with E-state index in [0.717, 1.165) is 17.3 Å². The number of benzene rings is 1. The van der Waals surface area contributed by atoms with Crippen LogP contribution in [-0.2, 0) is 0 Å². The van der Waals surface area contributed by atoms with Crippen LogP contribution in [0.5, 0.6) is 11.5 Å². The first kappa shape index (κ1) is 17.4. The predicted octanol–water partition coefficient (Wildman–Crippen LogP) is 3.87. The van der Waals surface area contributed by atoms with Crippen molar-refractivity contribution in [1.82, 2.24) is 5.32 Å². The van der Waals surface area contributed by atoms with E-state index in [1.807, 2.05) is 51.1 Å². The molecule has 0 aliphatic carbocycles. The minimum absolute atomic E-state index is 0.0101. The summed E-state index contributed by atoms with van der Waals surface area (Å²) in [5.41, 5.74) is 1.23. The number of carbonyl (C=O) groups excluding carboxylic acids is 1. The maximum Gasteiger partial charge on any atom is 0.279 e. The molecule has 0 heterocycles. The second-order valence-electron chi connectivity index (χ2n) is 4.56. The average Bonchev–Trinajstić information content (AvgIpc) is 2.45. The molecule has 0 aliphatic rings. The van der Waals surface area contributed by atoms with E-state index >= 15 is 0 Å². The van der Waals surface area contributed by atoms with Crippen molar-refractivity contribution in [3.63, 3.8) is 0 Å². The summed E-state index contributed by atoms with van der Waals surface area (Å²) >= 11 is 1.26. The molecular formula is C16H23NO3S. The lowest BCUT2D eigenvalue weighted by atomic mass is 10.3. The lowest BCUT2D eigenvalue weighted by molar-refractivity contribution is 0.256. The van der Waals surface area contributed by atoms with Gasteiger partial charge in [-0.25, -0.2) is 0 Å². The fourth-order valence-corrected chi connectivity index (χ4v) is 1.91. The number of ether oxygens (including phenoxy) is 2. The molecular weight excluding hydrogens is 286 g/mol. The molecule has 0 bridgehead atoms. The Kier molecular flexibility index (Phi) is 8.43. The van der Waals surface area contributed by atoms with Crippen molar-refractivity contribution in [2.75, 3.05) is 25.5 Å². The zero-order chi connectivity index (χ0) is 15.5. The van der Waals surface area contributed by atoms with Crippen molar-refractivity contribution >= 4 is 17.0 Å². The SMILES string of the molecule is CCSC(=O)NCCOc1ccc(OCC=C(C)C)cc1. The molecule has 4 nitrogen and oxygen atoms in total. The Morgan fingerprint density at radius 1 is 1.19 bits per heavy atom. The molecule has 0 atom stereocenters. The molecule has 1 amide bonds. The van der Waals surface area contributed by atoms with Gasteiger partial charge < -0.3 is 14.8 Å². The Morgan fingerprint density at radius 3 is 2.38 bits per heavy atom. The van der Waals surface area contributed by atoms with Crippen molar-refractivity contribution in [3.8, 4) is 11.5 Å². The maximum absolute atomic E-state index is 11.2. The van der Waals surface area contributed by atoms with Crippen molar-refractivity contribution in [2.45, 2.75) is 20.8 Å². The van der Waals surface area contributed by atoms with Gasteiger partial charge in [0, 0.05) is 0 Å². The number of nitrogens with one attached hydrogen (secondary N) is 1. The van der Waals surface area contributed by atoms with Crippen LogP contribution in [0.3, 0.4) is 0 Å². The van der Waals surface area contributed by atoms with E-state index in [9.17, 15) is 4.79 Å². The number of hydrogen-bond donors (Lipinski definition) is 1. The summed E-state index contributed by atoms with van der Waals surface area (Å²) in [5.74, 6) is 2.36. The minimum atomic E-state index is -0.0101. The van der Waals surface area contributed by atoms with Gasteiger partial charge in [-0.3, -0.25) is 4.79 Å². The highest BCUT2D eigenvalue weighted by Crippen LogP contribution is 2.17. The zero-order valence-electron chi connectivity index (χ0n) is 12.8. The average molecular weight is 309 g/mol. The molecule has 116 valence electrons. The highest BCUT2D eigenvalue weighted by atomic mass is 32.2. The van der Waals surface area contributed by atoms with Gasteiger partial charge in [0.25, 0.3) is 5.24 Å². The third kappa shape index (κ3) is 8.30. The van der Waals surface area contributed by atoms with Gasteiger partial charge >= 0.3 is 0 Å². The molecule has 1 N–H and O–H groups in total. The van der Waals surface area contributed by atoms with Crippen LogP contribution in [-0.4, -0.2) is 30.8 Å². The van der Waals surface area contributed by atoms with E-state index in [1.54, 1.807) is 0 Å². The highest BCUT2D eigenvalue weighted by molar-refractivity contribution is 8.13. The third-order valence-electron chi connectivity index (χ3n) is 2.48. The number of thioether (sulfide) groups is 1. The molecule has 1 aromatic carbocycles. The van der Waals surface area contributed by atoms with Crippen molar-refractivity contribution in [3.05, 3.63) is 35.9 Å². The van der Waals surface area contributed by atoms with E-state index in [4.69, 9.17) is 9.47 Å². The summed E-state index contributed by atoms with van der Waals surface area (Å²) in [6.45, 7) is 7.56. The molecule has 0 saturated carbocycles. The fraction of sp³-hybridized carbons (Fsp3) is 0.438. The van der Waals surface area contributed by atoms with Crippen LogP contribution < -0.4 is 14.8 Å². The van der Waals surface area contributed by atoms with E-state index in [1.165, 1.54) is 17.3 Å². The monoisotopic (exact) mass is 309 g/mol. The molecule has 0 unspecified atom stereocenters. The van der Waals surface area contributed by atoms with Crippen molar-refractivity contribution in [2.24, 2.45) is 0 Å². The van der Waals surface area contributed by atoms with Crippen LogP contribution in [0.4, 0.5) is 4.79 Å². The maximum atomic E-state index is 11.2. The molecule has 5 heteroatoms.